The average Bonchev–Trinajstić information content (AvgIpc) is 2.38. The Bertz CT molecular complexity index is 580. The number of pyridine rings is 1. The molecule has 2 aromatic rings. The maximum absolute atomic E-state index is 13.0. The van der Waals surface area contributed by atoms with Gasteiger partial charge >= 0.3 is 6.18 Å². The maximum atomic E-state index is 13.0. The SMILES string of the molecule is OC(Cc1ccc(C(F)(F)F)cc1)c1cncc(F)c1. The van der Waals surface area contributed by atoms with Crippen molar-refractivity contribution in [1.82, 2.24) is 4.98 Å². The summed E-state index contributed by atoms with van der Waals surface area (Å²) in [6.45, 7) is 0. The minimum Gasteiger partial charge on any atom is -0.388 e. The molecular formula is C14H11F4NO. The van der Waals surface area contributed by atoms with Crippen LogP contribution in [0.4, 0.5) is 17.6 Å². The fourth-order valence-electron chi connectivity index (χ4n) is 1.78. The summed E-state index contributed by atoms with van der Waals surface area (Å²) in [4.78, 5) is 3.61. The lowest BCUT2D eigenvalue weighted by Gasteiger charge is -2.12. The Morgan fingerprint density at radius 3 is 2.30 bits per heavy atom. The first-order valence-corrected chi connectivity index (χ1v) is 5.81. The van der Waals surface area contributed by atoms with E-state index in [2.05, 4.69) is 4.98 Å². The molecule has 0 spiro atoms. The zero-order chi connectivity index (χ0) is 14.8. The van der Waals surface area contributed by atoms with Gasteiger partial charge in [0.15, 0.2) is 0 Å². The number of aromatic nitrogens is 1. The average molecular weight is 285 g/mol. The van der Waals surface area contributed by atoms with Crippen molar-refractivity contribution in [3.8, 4) is 0 Å². The molecule has 1 heterocycles. The minimum atomic E-state index is -4.39. The smallest absolute Gasteiger partial charge is 0.388 e. The first kappa shape index (κ1) is 14.5. The van der Waals surface area contributed by atoms with Crippen LogP contribution < -0.4 is 0 Å². The Morgan fingerprint density at radius 2 is 1.75 bits per heavy atom. The molecule has 6 heteroatoms. The van der Waals surface area contributed by atoms with E-state index in [0.29, 0.717) is 5.56 Å². The molecule has 2 nitrogen and oxygen atoms in total. The van der Waals surface area contributed by atoms with Crippen molar-refractivity contribution in [2.45, 2.75) is 18.7 Å². The molecule has 0 fully saturated rings. The number of halogens is 4. The van der Waals surface area contributed by atoms with Crippen molar-refractivity contribution in [3.05, 3.63) is 65.2 Å². The van der Waals surface area contributed by atoms with Crippen LogP contribution in [0.1, 0.15) is 22.8 Å². The molecule has 1 N–H and O–H groups in total. The normalized spacial score (nSPS) is 13.2. The first-order chi connectivity index (χ1) is 9.36. The zero-order valence-electron chi connectivity index (χ0n) is 10.2. The number of benzene rings is 1. The van der Waals surface area contributed by atoms with E-state index in [1.807, 2.05) is 0 Å². The van der Waals surface area contributed by atoms with Gasteiger partial charge in [-0.2, -0.15) is 13.2 Å². The van der Waals surface area contributed by atoms with Gasteiger partial charge in [-0.1, -0.05) is 12.1 Å². The molecule has 0 saturated carbocycles. The first-order valence-electron chi connectivity index (χ1n) is 5.81. The van der Waals surface area contributed by atoms with Crippen LogP contribution in [-0.2, 0) is 12.6 Å². The number of nitrogens with zero attached hydrogens (tertiary/aromatic N) is 1. The van der Waals surface area contributed by atoms with Crippen molar-refractivity contribution in [2.24, 2.45) is 0 Å². The maximum Gasteiger partial charge on any atom is 0.416 e. The lowest BCUT2D eigenvalue weighted by Crippen LogP contribution is -2.06. The van der Waals surface area contributed by atoms with Gasteiger partial charge in [0.05, 0.1) is 17.9 Å². The summed E-state index contributed by atoms with van der Waals surface area (Å²) in [5, 5.41) is 9.90. The van der Waals surface area contributed by atoms with Gasteiger partial charge in [-0.15, -0.1) is 0 Å². The molecule has 106 valence electrons. The van der Waals surface area contributed by atoms with Crippen LogP contribution in [-0.4, -0.2) is 10.1 Å². The van der Waals surface area contributed by atoms with Gasteiger partial charge in [0.2, 0.25) is 0 Å². The number of rotatable bonds is 3. The summed E-state index contributed by atoms with van der Waals surface area (Å²) in [7, 11) is 0. The second-order valence-electron chi connectivity index (χ2n) is 4.35. The summed E-state index contributed by atoms with van der Waals surface area (Å²) in [6, 6.07) is 5.62. The lowest BCUT2D eigenvalue weighted by molar-refractivity contribution is -0.137. The second kappa shape index (κ2) is 5.58. The van der Waals surface area contributed by atoms with Crippen LogP contribution in [0.25, 0.3) is 0 Å². The van der Waals surface area contributed by atoms with Gasteiger partial charge < -0.3 is 5.11 Å². The number of alkyl halides is 3. The Morgan fingerprint density at radius 1 is 1.10 bits per heavy atom. The van der Waals surface area contributed by atoms with E-state index in [-0.39, 0.29) is 12.0 Å². The molecule has 2 rings (SSSR count). The van der Waals surface area contributed by atoms with Crippen LogP contribution in [0.5, 0.6) is 0 Å². The predicted molar refractivity (Wildman–Crippen MR) is 64.3 cm³/mol. The molecular weight excluding hydrogens is 274 g/mol. The second-order valence-corrected chi connectivity index (χ2v) is 4.35. The third kappa shape index (κ3) is 3.54. The molecule has 0 aliphatic heterocycles. The third-order valence-electron chi connectivity index (χ3n) is 2.82. The highest BCUT2D eigenvalue weighted by molar-refractivity contribution is 5.26. The van der Waals surface area contributed by atoms with Crippen LogP contribution in [0.2, 0.25) is 0 Å². The van der Waals surface area contributed by atoms with Crippen molar-refractivity contribution in [3.63, 3.8) is 0 Å². The molecule has 0 radical (unpaired) electrons. The van der Waals surface area contributed by atoms with E-state index >= 15 is 0 Å². The largest absolute Gasteiger partial charge is 0.416 e. The standard InChI is InChI=1S/C14H11F4NO/c15-12-6-10(7-19-8-12)13(20)5-9-1-3-11(4-2-9)14(16,17)18/h1-4,6-8,13,20H,5H2. The van der Waals surface area contributed by atoms with Gasteiger partial charge in [-0.05, 0) is 23.8 Å². The number of hydrogen-bond donors (Lipinski definition) is 1. The molecule has 0 saturated heterocycles. The number of hydrogen-bond acceptors (Lipinski definition) is 2. The number of aliphatic hydroxyl groups excluding tert-OH is 1. The van der Waals surface area contributed by atoms with E-state index in [9.17, 15) is 22.7 Å². The highest BCUT2D eigenvalue weighted by Gasteiger charge is 2.29. The molecule has 1 unspecified atom stereocenters. The van der Waals surface area contributed by atoms with Crippen molar-refractivity contribution in [1.29, 1.82) is 0 Å². The van der Waals surface area contributed by atoms with Crippen LogP contribution in [0, 0.1) is 5.82 Å². The highest BCUT2D eigenvalue weighted by Crippen LogP contribution is 2.29. The van der Waals surface area contributed by atoms with Crippen molar-refractivity contribution < 1.29 is 22.7 Å². The monoisotopic (exact) mass is 285 g/mol. The van der Waals surface area contributed by atoms with Crippen molar-refractivity contribution >= 4 is 0 Å². The van der Waals surface area contributed by atoms with Crippen molar-refractivity contribution in [2.75, 3.05) is 0 Å². The summed E-state index contributed by atoms with van der Waals surface area (Å²) in [6.07, 6.45) is -2.99. The highest BCUT2D eigenvalue weighted by atomic mass is 19.4. The fraction of sp³-hybridized carbons (Fsp3) is 0.214. The fourth-order valence-corrected chi connectivity index (χ4v) is 1.78. The van der Waals surface area contributed by atoms with Gasteiger partial charge in [-0.25, -0.2) is 4.39 Å². The third-order valence-corrected chi connectivity index (χ3v) is 2.82. The Hall–Kier alpha value is -1.95. The molecule has 1 aromatic heterocycles. The lowest BCUT2D eigenvalue weighted by atomic mass is 10.0. The summed E-state index contributed by atoms with van der Waals surface area (Å²) >= 11 is 0. The molecule has 0 amide bonds. The van der Waals surface area contributed by atoms with Gasteiger partial charge in [0.1, 0.15) is 5.82 Å². The molecule has 0 aliphatic rings. The summed E-state index contributed by atoms with van der Waals surface area (Å²) in [5.74, 6) is -0.575. The molecule has 1 atom stereocenters. The van der Waals surface area contributed by atoms with Gasteiger partial charge in [0.25, 0.3) is 0 Å². The zero-order valence-corrected chi connectivity index (χ0v) is 10.2. The van der Waals surface area contributed by atoms with E-state index in [0.717, 1.165) is 24.4 Å². The number of aliphatic hydroxyl groups is 1. The Labute approximate surface area is 112 Å². The van der Waals surface area contributed by atoms with E-state index in [1.165, 1.54) is 18.3 Å². The minimum absolute atomic E-state index is 0.0866. The van der Waals surface area contributed by atoms with Gasteiger partial charge in [0, 0.05) is 18.2 Å². The van der Waals surface area contributed by atoms with E-state index in [1.54, 1.807) is 0 Å². The van der Waals surface area contributed by atoms with Gasteiger partial charge in [-0.3, -0.25) is 4.98 Å². The quantitative estimate of drug-likeness (QED) is 0.875. The van der Waals surface area contributed by atoms with Crippen LogP contribution >= 0.6 is 0 Å². The van der Waals surface area contributed by atoms with Crippen LogP contribution in [0.15, 0.2) is 42.7 Å². The Balaban J connectivity index is 2.10. The van der Waals surface area contributed by atoms with E-state index < -0.39 is 23.7 Å². The molecule has 0 aliphatic carbocycles. The summed E-state index contributed by atoms with van der Waals surface area (Å²) < 4.78 is 50.1. The molecule has 0 bridgehead atoms. The van der Waals surface area contributed by atoms with Crippen LogP contribution in [0.3, 0.4) is 0 Å². The topological polar surface area (TPSA) is 33.1 Å². The Kier molecular flexibility index (Phi) is 4.04. The molecule has 1 aromatic carbocycles. The molecule has 20 heavy (non-hydrogen) atoms. The summed E-state index contributed by atoms with van der Waals surface area (Å²) in [5.41, 5.74) is 0.0582. The van der Waals surface area contributed by atoms with E-state index in [4.69, 9.17) is 0 Å². The predicted octanol–water partition coefficient (Wildman–Crippen LogP) is 3.52.